The van der Waals surface area contributed by atoms with Crippen molar-refractivity contribution < 1.29 is 43.6 Å². The molecule has 2 aliphatic carbocycles. The van der Waals surface area contributed by atoms with Crippen LogP contribution >= 0.6 is 0 Å². The predicted molar refractivity (Wildman–Crippen MR) is 233 cm³/mol. The maximum Gasteiger partial charge on any atom is 0.342 e. The fourth-order valence-electron chi connectivity index (χ4n) is 10.1. The number of Topliss-reactive ketones (excluding diaryl/α,β-unsaturated/α-hetero) is 1. The van der Waals surface area contributed by atoms with E-state index in [0.717, 1.165) is 11.3 Å². The molecule has 1 aromatic rings. The van der Waals surface area contributed by atoms with E-state index in [1.807, 2.05) is 45.0 Å². The SMILES string of the molecule is C=C1C(NC(C)C(=O)N2CCOCC2)CC2[C@](C)(CC[C@@H](O)[C@@]2(C)CO)C1CC(NC(C)C(=O)CC1=NCC=N1)C1=C/C(=C(/C(=O)OCC)c2ccc(N(C)C)cc2)OC1=O. The molecule has 3 heterocycles. The zero-order valence-electron chi connectivity index (χ0n) is 36.7. The molecular weight excluding hydrogens is 781 g/mol. The van der Waals surface area contributed by atoms with Gasteiger partial charge in [0, 0.05) is 56.6 Å². The Labute approximate surface area is 359 Å². The topological polar surface area (TPSA) is 192 Å². The van der Waals surface area contributed by atoms with Crippen molar-refractivity contribution in [2.75, 3.05) is 65.1 Å². The number of aliphatic hydroxyl groups excluding tert-OH is 2. The molecule has 15 nitrogen and oxygen atoms in total. The molecule has 6 rings (SSSR count). The number of ether oxygens (including phenoxy) is 3. The zero-order chi connectivity index (χ0) is 44.2. The van der Waals surface area contributed by atoms with Crippen LogP contribution in [0.2, 0.25) is 0 Å². The summed E-state index contributed by atoms with van der Waals surface area (Å²) in [5.74, 6) is -1.65. The second-order valence-electron chi connectivity index (χ2n) is 17.8. The molecule has 1 aromatic carbocycles. The average molecular weight is 845 g/mol. The number of anilines is 1. The third-order valence-electron chi connectivity index (χ3n) is 13.8. The first-order valence-electron chi connectivity index (χ1n) is 21.6. The number of hydrogen-bond donors (Lipinski definition) is 4. The second-order valence-corrected chi connectivity index (χ2v) is 17.8. The lowest BCUT2D eigenvalue weighted by Crippen LogP contribution is -2.63. The largest absolute Gasteiger partial charge is 0.462 e. The number of amides is 1. The number of nitrogens with zero attached hydrogens (tertiary/aromatic N) is 4. The van der Waals surface area contributed by atoms with Crippen molar-refractivity contribution in [3.05, 3.63) is 59.4 Å². The summed E-state index contributed by atoms with van der Waals surface area (Å²) in [5, 5.41) is 29.5. The van der Waals surface area contributed by atoms with Crippen LogP contribution in [0.4, 0.5) is 5.69 Å². The number of carbonyl (C=O) groups is 4. The third kappa shape index (κ3) is 9.61. The first kappa shape index (κ1) is 46.0. The van der Waals surface area contributed by atoms with Crippen LogP contribution < -0.4 is 15.5 Å². The molecule has 5 aliphatic rings. The number of amidine groups is 1. The van der Waals surface area contributed by atoms with Crippen LogP contribution in [0.25, 0.3) is 5.57 Å². The molecular formula is C46H64N6O9. The fraction of sp³-hybridized carbons (Fsp3) is 0.609. The summed E-state index contributed by atoms with van der Waals surface area (Å²) in [6.07, 6.45) is 4.30. The lowest BCUT2D eigenvalue weighted by molar-refractivity contribution is -0.157. The molecule has 61 heavy (non-hydrogen) atoms. The third-order valence-corrected chi connectivity index (χ3v) is 13.8. The van der Waals surface area contributed by atoms with Gasteiger partial charge in [-0.1, -0.05) is 38.1 Å². The van der Waals surface area contributed by atoms with Crippen molar-refractivity contribution in [1.82, 2.24) is 15.5 Å². The number of ketones is 1. The van der Waals surface area contributed by atoms with Gasteiger partial charge >= 0.3 is 11.9 Å². The molecule has 0 radical (unpaired) electrons. The lowest BCUT2D eigenvalue weighted by atomic mass is 9.45. The highest BCUT2D eigenvalue weighted by Gasteiger charge is 2.60. The van der Waals surface area contributed by atoms with E-state index in [0.29, 0.717) is 63.5 Å². The Morgan fingerprint density at radius 1 is 1.11 bits per heavy atom. The molecule has 332 valence electrons. The van der Waals surface area contributed by atoms with Crippen LogP contribution in [0, 0.1) is 22.7 Å². The number of carbonyl (C=O) groups excluding carboxylic acids is 4. The van der Waals surface area contributed by atoms with Gasteiger partial charge in [0.05, 0.1) is 63.2 Å². The minimum absolute atomic E-state index is 0.00566. The van der Waals surface area contributed by atoms with E-state index in [1.54, 1.807) is 43.2 Å². The lowest BCUT2D eigenvalue weighted by Gasteiger charge is -2.62. The Hall–Kier alpha value is -4.54. The second kappa shape index (κ2) is 19.2. The summed E-state index contributed by atoms with van der Waals surface area (Å²) in [6, 6.07) is 4.76. The van der Waals surface area contributed by atoms with Crippen LogP contribution in [-0.2, 0) is 33.4 Å². The molecule has 9 atom stereocenters. The van der Waals surface area contributed by atoms with Gasteiger partial charge in [-0.3, -0.25) is 19.9 Å². The van der Waals surface area contributed by atoms with Crippen LogP contribution in [0.3, 0.4) is 0 Å². The quantitative estimate of drug-likeness (QED) is 0.108. The van der Waals surface area contributed by atoms with Crippen LogP contribution in [0.15, 0.2) is 63.8 Å². The zero-order valence-corrected chi connectivity index (χ0v) is 36.7. The van der Waals surface area contributed by atoms with Crippen molar-refractivity contribution in [3.8, 4) is 0 Å². The van der Waals surface area contributed by atoms with Gasteiger partial charge in [0.25, 0.3) is 0 Å². The average Bonchev–Trinajstić information content (AvgIpc) is 3.90. The van der Waals surface area contributed by atoms with Crippen molar-refractivity contribution >= 4 is 46.9 Å². The van der Waals surface area contributed by atoms with Crippen LogP contribution in [0.1, 0.15) is 72.3 Å². The number of allylic oxidation sites excluding steroid dienone is 1. The fourth-order valence-corrected chi connectivity index (χ4v) is 10.1. The summed E-state index contributed by atoms with van der Waals surface area (Å²) in [4.78, 5) is 67.6. The number of benzene rings is 1. The molecule has 15 heteroatoms. The van der Waals surface area contributed by atoms with Gasteiger partial charge < -0.3 is 39.5 Å². The van der Waals surface area contributed by atoms with Crippen LogP contribution in [-0.4, -0.2) is 141 Å². The van der Waals surface area contributed by atoms with Gasteiger partial charge in [-0.2, -0.15) is 0 Å². The van der Waals surface area contributed by atoms with E-state index < -0.39 is 53.0 Å². The number of nitrogens with one attached hydrogen (secondary N) is 2. The van der Waals surface area contributed by atoms with E-state index >= 15 is 0 Å². The number of fused-ring (bicyclic) bond motifs is 1. The minimum Gasteiger partial charge on any atom is -0.462 e. The van der Waals surface area contributed by atoms with Crippen molar-refractivity contribution in [3.63, 3.8) is 0 Å². The Morgan fingerprint density at radius 3 is 2.44 bits per heavy atom. The maximum absolute atomic E-state index is 14.2. The van der Waals surface area contributed by atoms with E-state index in [2.05, 4.69) is 34.1 Å². The molecule has 0 aromatic heterocycles. The predicted octanol–water partition coefficient (Wildman–Crippen LogP) is 3.25. The summed E-state index contributed by atoms with van der Waals surface area (Å²) in [5.41, 5.74) is 1.14. The molecule has 4 N–H and O–H groups in total. The van der Waals surface area contributed by atoms with Gasteiger partial charge in [0.15, 0.2) is 5.78 Å². The number of hydrogen-bond acceptors (Lipinski definition) is 14. The van der Waals surface area contributed by atoms with E-state index in [9.17, 15) is 29.4 Å². The summed E-state index contributed by atoms with van der Waals surface area (Å²) < 4.78 is 16.9. The maximum atomic E-state index is 14.2. The molecule has 6 unspecified atom stereocenters. The smallest absolute Gasteiger partial charge is 0.342 e. The summed E-state index contributed by atoms with van der Waals surface area (Å²) in [7, 11) is 3.82. The number of morpholine rings is 1. The number of esters is 2. The Kier molecular flexibility index (Phi) is 14.5. The van der Waals surface area contributed by atoms with Crippen LogP contribution in [0.5, 0.6) is 0 Å². The molecule has 0 spiro atoms. The number of rotatable bonds is 16. The van der Waals surface area contributed by atoms with E-state index in [4.69, 9.17) is 14.2 Å². The Morgan fingerprint density at radius 2 is 1.82 bits per heavy atom. The van der Waals surface area contributed by atoms with Crippen molar-refractivity contribution in [2.45, 2.75) is 97.0 Å². The summed E-state index contributed by atoms with van der Waals surface area (Å²) in [6.45, 7) is 16.3. The van der Waals surface area contributed by atoms with Crippen molar-refractivity contribution in [1.29, 1.82) is 0 Å². The monoisotopic (exact) mass is 844 g/mol. The number of cyclic esters (lactones) is 1. The Balaban J connectivity index is 1.42. The van der Waals surface area contributed by atoms with E-state index in [-0.39, 0.29) is 66.5 Å². The van der Waals surface area contributed by atoms with Crippen molar-refractivity contribution in [2.24, 2.45) is 32.7 Å². The number of aliphatic hydroxyl groups is 2. The van der Waals surface area contributed by atoms with Gasteiger partial charge in [-0.25, -0.2) is 14.6 Å². The molecule has 1 saturated heterocycles. The molecule has 3 fully saturated rings. The van der Waals surface area contributed by atoms with Gasteiger partial charge in [0.2, 0.25) is 5.91 Å². The molecule has 1 amide bonds. The first-order valence-corrected chi connectivity index (χ1v) is 21.6. The molecule has 3 aliphatic heterocycles. The summed E-state index contributed by atoms with van der Waals surface area (Å²) >= 11 is 0. The first-order chi connectivity index (χ1) is 29.0. The van der Waals surface area contributed by atoms with Gasteiger partial charge in [-0.05, 0) is 87.5 Å². The minimum atomic E-state index is -0.879. The van der Waals surface area contributed by atoms with Gasteiger partial charge in [-0.15, -0.1) is 0 Å². The van der Waals surface area contributed by atoms with E-state index in [1.165, 1.54) is 0 Å². The molecule has 0 bridgehead atoms. The highest BCUT2D eigenvalue weighted by molar-refractivity contribution is 6.19. The number of aliphatic imine (C=N–C) groups is 2. The molecule has 2 saturated carbocycles. The normalized spacial score (nSPS) is 29.8. The highest BCUT2D eigenvalue weighted by Crippen LogP contribution is 2.62. The van der Waals surface area contributed by atoms with Gasteiger partial charge in [0.1, 0.15) is 17.2 Å². The Bertz CT molecular complexity index is 1970. The highest BCUT2D eigenvalue weighted by atomic mass is 16.6. The standard InChI is InChI=1S/C46H64N6O9/c1-9-60-44(58)41(30-10-12-31(13-11-30)51(7)8)37-22-32(43(57)61-37)35(49-28(3)36(54)25-40-47-16-17-48-40)23-33-27(2)34(50-29(4)42(56)52-18-20-59-21-19-52)24-38-45(33,5)15-14-39(55)46(38,6)26-53/h10-13,16,22,28-29,33-35,38-39,49-50,53,55H,2,9,14-15,17-21,23-26H2,1,3-8H3/b41-37-/t28?,29?,33?,34?,35?,38?,39-,45-,46+/m1/s1.